The number of hydrogen-bond donors (Lipinski definition) is 4. The number of phenols is 4. The maximum absolute atomic E-state index is 10.2. The molecule has 0 spiro atoms. The van der Waals surface area contributed by atoms with Crippen LogP contribution in [0.3, 0.4) is 0 Å². The number of nitrogens with zero attached hydrogens (tertiary/aromatic N) is 2. The minimum Gasteiger partial charge on any atom is -0.507 e. The second-order valence-corrected chi connectivity index (χ2v) is 7.46. The van der Waals surface area contributed by atoms with Crippen LogP contribution in [0.2, 0.25) is 0 Å². The summed E-state index contributed by atoms with van der Waals surface area (Å²) in [6.45, 7) is 0. The van der Waals surface area contributed by atoms with E-state index in [1.807, 2.05) is 0 Å². The lowest BCUT2D eigenvalue weighted by molar-refractivity contribution is 0.473. The maximum Gasteiger partial charge on any atom is 0.141 e. The van der Waals surface area contributed by atoms with Gasteiger partial charge in [-0.05, 0) is 66.1 Å². The van der Waals surface area contributed by atoms with Gasteiger partial charge in [-0.15, -0.1) is 0 Å². The second kappa shape index (κ2) is 9.70. The number of phenolic OH excluding ortho intramolecular Hbond substituents is 4. The van der Waals surface area contributed by atoms with Crippen molar-refractivity contribution in [1.82, 2.24) is 0 Å². The van der Waals surface area contributed by atoms with Crippen LogP contribution in [0.15, 0.2) is 94.9 Å². The van der Waals surface area contributed by atoms with Crippen molar-refractivity contribution in [3.05, 3.63) is 107 Å². The minimum absolute atomic E-state index is 0.0316. The molecule has 0 aliphatic carbocycles. The van der Waals surface area contributed by atoms with Gasteiger partial charge < -0.3 is 20.4 Å². The Balaban J connectivity index is 1.56. The topological polar surface area (TPSA) is 106 Å². The van der Waals surface area contributed by atoms with Gasteiger partial charge in [0.05, 0.1) is 0 Å². The quantitative estimate of drug-likeness (QED) is 0.294. The maximum atomic E-state index is 10.2. The number of para-hydroxylation sites is 2. The van der Waals surface area contributed by atoms with Gasteiger partial charge in [-0.25, -0.2) is 0 Å². The van der Waals surface area contributed by atoms with Crippen molar-refractivity contribution in [2.45, 2.75) is 6.42 Å². The normalized spacial score (nSPS) is 11.4. The Morgan fingerprint density at radius 2 is 0.939 bits per heavy atom. The highest BCUT2D eigenvalue weighted by Gasteiger charge is 2.07. The third-order valence-corrected chi connectivity index (χ3v) is 5.05. The summed E-state index contributed by atoms with van der Waals surface area (Å²) in [5.74, 6) is 0.281. The molecule has 0 saturated carbocycles. The Bertz CT molecular complexity index is 1240. The molecule has 0 aliphatic rings. The fourth-order valence-electron chi connectivity index (χ4n) is 3.27. The molecule has 4 rings (SSSR count). The fraction of sp³-hybridized carbons (Fsp3) is 0.0370. The highest BCUT2D eigenvalue weighted by molar-refractivity contribution is 5.86. The largest absolute Gasteiger partial charge is 0.507 e. The molecule has 0 radical (unpaired) electrons. The molecular formula is C27H22N2O4. The smallest absolute Gasteiger partial charge is 0.141 e. The molecule has 6 nitrogen and oxygen atoms in total. The first-order valence-electron chi connectivity index (χ1n) is 10.3. The van der Waals surface area contributed by atoms with Crippen LogP contribution in [0.5, 0.6) is 23.0 Å². The van der Waals surface area contributed by atoms with Crippen LogP contribution in [0.25, 0.3) is 0 Å². The van der Waals surface area contributed by atoms with E-state index in [1.54, 1.807) is 84.9 Å². The van der Waals surface area contributed by atoms with Gasteiger partial charge in [0.2, 0.25) is 0 Å². The third-order valence-electron chi connectivity index (χ3n) is 5.05. The van der Waals surface area contributed by atoms with E-state index in [9.17, 15) is 20.4 Å². The molecule has 4 aromatic carbocycles. The Kier molecular flexibility index (Phi) is 6.36. The zero-order chi connectivity index (χ0) is 23.2. The first-order chi connectivity index (χ1) is 16.0. The van der Waals surface area contributed by atoms with Gasteiger partial charge in [0.1, 0.15) is 34.4 Å². The van der Waals surface area contributed by atoms with E-state index in [-0.39, 0.29) is 23.0 Å². The van der Waals surface area contributed by atoms with E-state index in [2.05, 4.69) is 9.98 Å². The summed E-state index contributed by atoms with van der Waals surface area (Å²) in [5, 5.41) is 40.1. The Labute approximate surface area is 191 Å². The highest BCUT2D eigenvalue weighted by atomic mass is 16.3. The van der Waals surface area contributed by atoms with Crippen LogP contribution in [-0.2, 0) is 6.42 Å². The Morgan fingerprint density at radius 1 is 0.515 bits per heavy atom. The predicted molar refractivity (Wildman–Crippen MR) is 130 cm³/mol. The van der Waals surface area contributed by atoms with Gasteiger partial charge in [0.15, 0.2) is 0 Å². The molecule has 0 unspecified atom stereocenters. The molecule has 6 heteroatoms. The zero-order valence-electron chi connectivity index (χ0n) is 17.6. The van der Waals surface area contributed by atoms with Crippen molar-refractivity contribution in [2.24, 2.45) is 9.98 Å². The second-order valence-electron chi connectivity index (χ2n) is 7.46. The molecule has 0 heterocycles. The monoisotopic (exact) mass is 438 g/mol. The lowest BCUT2D eigenvalue weighted by Gasteiger charge is -2.07. The van der Waals surface area contributed by atoms with Gasteiger partial charge in [0.25, 0.3) is 0 Å². The molecule has 0 saturated heterocycles. The summed E-state index contributed by atoms with van der Waals surface area (Å²) < 4.78 is 0. The van der Waals surface area contributed by atoms with Crippen LogP contribution in [0.4, 0.5) is 11.4 Å². The summed E-state index contributed by atoms with van der Waals surface area (Å²) in [4.78, 5) is 8.64. The summed E-state index contributed by atoms with van der Waals surface area (Å²) in [6, 6.07) is 23.9. The Morgan fingerprint density at radius 3 is 1.36 bits per heavy atom. The Hall–Kier alpha value is -4.58. The van der Waals surface area contributed by atoms with Crippen molar-refractivity contribution < 1.29 is 20.4 Å². The third kappa shape index (κ3) is 5.37. The van der Waals surface area contributed by atoms with Gasteiger partial charge in [-0.3, -0.25) is 9.98 Å². The van der Waals surface area contributed by atoms with Crippen molar-refractivity contribution in [3.8, 4) is 23.0 Å². The minimum atomic E-state index is 0.0316. The summed E-state index contributed by atoms with van der Waals surface area (Å²) >= 11 is 0. The molecule has 0 bridgehead atoms. The van der Waals surface area contributed by atoms with Gasteiger partial charge in [-0.1, -0.05) is 36.4 Å². The van der Waals surface area contributed by atoms with Crippen LogP contribution >= 0.6 is 0 Å². The SMILES string of the molecule is Oc1ccccc1C=Nc1cc(Cc2ccc(O)c(N=Cc3ccccc3O)c2)ccc1O. The molecule has 0 amide bonds. The number of hydrogen-bond acceptors (Lipinski definition) is 6. The first-order valence-corrected chi connectivity index (χ1v) is 10.3. The lowest BCUT2D eigenvalue weighted by atomic mass is 10.0. The molecule has 0 atom stereocenters. The van der Waals surface area contributed by atoms with Gasteiger partial charge in [-0.2, -0.15) is 0 Å². The highest BCUT2D eigenvalue weighted by Crippen LogP contribution is 2.31. The zero-order valence-corrected chi connectivity index (χ0v) is 17.6. The summed E-state index contributed by atoms with van der Waals surface area (Å²) in [5.41, 5.74) is 3.66. The summed E-state index contributed by atoms with van der Waals surface area (Å²) in [7, 11) is 0. The van der Waals surface area contributed by atoms with Gasteiger partial charge in [0, 0.05) is 23.6 Å². The van der Waals surface area contributed by atoms with E-state index in [1.165, 1.54) is 12.4 Å². The molecular weight excluding hydrogens is 416 g/mol. The molecule has 0 aliphatic heterocycles. The molecule has 33 heavy (non-hydrogen) atoms. The number of benzene rings is 4. The number of aromatic hydroxyl groups is 4. The first kappa shape index (κ1) is 21.6. The van der Waals surface area contributed by atoms with Crippen molar-refractivity contribution in [3.63, 3.8) is 0 Å². The molecule has 164 valence electrons. The van der Waals surface area contributed by atoms with Crippen LogP contribution in [0.1, 0.15) is 22.3 Å². The fourth-order valence-corrected chi connectivity index (χ4v) is 3.27. The number of rotatable bonds is 6. The average Bonchev–Trinajstić information content (AvgIpc) is 2.81. The molecule has 0 aromatic heterocycles. The van der Waals surface area contributed by atoms with E-state index < -0.39 is 0 Å². The van der Waals surface area contributed by atoms with Crippen LogP contribution < -0.4 is 0 Å². The standard InChI is InChI=1S/C27H22N2O4/c30-24-7-3-1-5-20(24)16-28-22-14-18(9-11-26(22)32)13-19-10-12-27(33)23(15-19)29-17-21-6-2-4-8-25(21)31/h1-12,14-17,30-33H,13H2. The van der Waals surface area contributed by atoms with E-state index in [0.717, 1.165) is 11.1 Å². The average molecular weight is 438 g/mol. The molecule has 4 N–H and O–H groups in total. The molecule has 4 aromatic rings. The van der Waals surface area contributed by atoms with Crippen molar-refractivity contribution in [1.29, 1.82) is 0 Å². The lowest BCUT2D eigenvalue weighted by Crippen LogP contribution is -1.89. The van der Waals surface area contributed by atoms with E-state index in [4.69, 9.17) is 0 Å². The van der Waals surface area contributed by atoms with Crippen molar-refractivity contribution >= 4 is 23.8 Å². The van der Waals surface area contributed by atoms with Crippen LogP contribution in [0, 0.1) is 0 Å². The number of aliphatic imine (C=N–C) groups is 2. The van der Waals surface area contributed by atoms with Crippen molar-refractivity contribution in [2.75, 3.05) is 0 Å². The van der Waals surface area contributed by atoms with E-state index in [0.29, 0.717) is 28.9 Å². The summed E-state index contributed by atoms with van der Waals surface area (Å²) in [6.07, 6.45) is 3.53. The van der Waals surface area contributed by atoms with E-state index >= 15 is 0 Å². The van der Waals surface area contributed by atoms with Crippen LogP contribution in [-0.4, -0.2) is 32.9 Å². The van der Waals surface area contributed by atoms with Gasteiger partial charge >= 0.3 is 0 Å². The molecule has 0 fully saturated rings. The predicted octanol–water partition coefficient (Wildman–Crippen LogP) is 5.60.